The maximum Gasteiger partial charge on any atom is 0.164 e. The van der Waals surface area contributed by atoms with Gasteiger partial charge in [-0.1, -0.05) is 123 Å². The van der Waals surface area contributed by atoms with E-state index in [-0.39, 0.29) is 5.41 Å². The summed E-state index contributed by atoms with van der Waals surface area (Å²) in [6, 6.07) is 51.0. The molecule has 236 valence electrons. The Morgan fingerprint density at radius 1 is 0.500 bits per heavy atom. The maximum absolute atomic E-state index is 5.02. The van der Waals surface area contributed by atoms with Crippen LogP contribution in [0.5, 0.6) is 0 Å². The Bertz CT molecular complexity index is 2720. The molecule has 0 spiro atoms. The van der Waals surface area contributed by atoms with Crippen molar-refractivity contribution in [3.8, 4) is 51.1 Å². The number of rotatable bonds is 4. The lowest BCUT2D eigenvalue weighted by Gasteiger charge is -2.34. The van der Waals surface area contributed by atoms with Crippen LogP contribution in [0.2, 0.25) is 0 Å². The van der Waals surface area contributed by atoms with E-state index in [0.29, 0.717) is 17.5 Å². The molecule has 0 aliphatic heterocycles. The molecule has 0 unspecified atom stereocenters. The Kier molecular flexibility index (Phi) is 6.15. The molecule has 0 saturated heterocycles. The van der Waals surface area contributed by atoms with Crippen LogP contribution in [0.15, 0.2) is 152 Å². The van der Waals surface area contributed by atoms with Crippen molar-refractivity contribution >= 4 is 32.6 Å². The van der Waals surface area contributed by atoms with E-state index in [1.807, 2.05) is 66.9 Å². The monoisotopic (exact) mass is 641 g/mol. The number of benzene rings is 6. The van der Waals surface area contributed by atoms with Crippen molar-refractivity contribution in [3.05, 3.63) is 163 Å². The average Bonchev–Trinajstić information content (AvgIpc) is 3.50. The van der Waals surface area contributed by atoms with Crippen molar-refractivity contribution in [1.82, 2.24) is 24.5 Å². The number of hydrogen-bond acceptors (Lipinski definition) is 4. The molecule has 5 nitrogen and oxygen atoms in total. The van der Waals surface area contributed by atoms with E-state index in [1.165, 1.54) is 38.2 Å². The molecule has 5 heteroatoms. The summed E-state index contributed by atoms with van der Waals surface area (Å²) in [5.41, 5.74) is 10.8. The highest BCUT2D eigenvalue weighted by atomic mass is 15.0. The van der Waals surface area contributed by atoms with Crippen LogP contribution in [0, 0.1) is 0 Å². The zero-order valence-corrected chi connectivity index (χ0v) is 27.7. The van der Waals surface area contributed by atoms with Crippen LogP contribution in [-0.4, -0.2) is 24.5 Å². The first-order valence-electron chi connectivity index (χ1n) is 17.0. The van der Waals surface area contributed by atoms with Crippen molar-refractivity contribution in [2.24, 2.45) is 0 Å². The van der Waals surface area contributed by atoms with Gasteiger partial charge < -0.3 is 4.57 Å². The predicted octanol–water partition coefficient (Wildman–Crippen LogP) is 10.8. The smallest absolute Gasteiger partial charge is 0.164 e. The van der Waals surface area contributed by atoms with E-state index in [9.17, 15) is 0 Å². The first-order chi connectivity index (χ1) is 24.5. The standard InChI is InChI=1S/C45H31N5/c1-45(2)36-21-12-17-28-23-24-46-41(40(28)36)35-26-34-33-20-9-10-22-38(33)50(39(34)27-37(35)45)32-19-11-18-31(25-32)44-48-42(29-13-5-3-6-14-29)47-43(49-44)30-15-7-4-8-16-30/h3-27H,1-2H3. The van der Waals surface area contributed by atoms with Gasteiger partial charge in [0.2, 0.25) is 0 Å². The molecule has 3 heterocycles. The number of para-hydroxylation sites is 1. The lowest BCUT2D eigenvalue weighted by Crippen LogP contribution is -2.24. The molecule has 50 heavy (non-hydrogen) atoms. The quantitative estimate of drug-likeness (QED) is 0.192. The first-order valence-corrected chi connectivity index (χ1v) is 17.0. The summed E-state index contributed by atoms with van der Waals surface area (Å²) in [4.78, 5) is 19.9. The maximum atomic E-state index is 5.02. The number of nitrogens with zero attached hydrogens (tertiary/aromatic N) is 5. The molecule has 3 aromatic heterocycles. The molecule has 0 radical (unpaired) electrons. The van der Waals surface area contributed by atoms with Crippen molar-refractivity contribution in [2.75, 3.05) is 0 Å². The normalized spacial score (nSPS) is 13.2. The minimum atomic E-state index is -0.214. The summed E-state index contributed by atoms with van der Waals surface area (Å²) in [6.45, 7) is 4.68. The first kappa shape index (κ1) is 28.5. The fourth-order valence-corrected chi connectivity index (χ4v) is 7.83. The largest absolute Gasteiger partial charge is 0.309 e. The highest BCUT2D eigenvalue weighted by Gasteiger charge is 2.35. The summed E-state index contributed by atoms with van der Waals surface area (Å²) in [5, 5.41) is 4.90. The van der Waals surface area contributed by atoms with Crippen LogP contribution in [0.3, 0.4) is 0 Å². The van der Waals surface area contributed by atoms with Crippen molar-refractivity contribution in [3.63, 3.8) is 0 Å². The number of fused-ring (bicyclic) bond motifs is 5. The summed E-state index contributed by atoms with van der Waals surface area (Å²) in [7, 11) is 0. The fraction of sp³-hybridized carbons (Fsp3) is 0.0667. The second-order valence-electron chi connectivity index (χ2n) is 13.5. The van der Waals surface area contributed by atoms with Crippen molar-refractivity contribution in [2.45, 2.75) is 19.3 Å². The third kappa shape index (κ3) is 4.26. The molecular formula is C45H31N5. The van der Waals surface area contributed by atoms with Gasteiger partial charge in [0.05, 0.1) is 16.7 Å². The molecule has 1 aliphatic carbocycles. The zero-order valence-electron chi connectivity index (χ0n) is 27.7. The Hall–Kier alpha value is -6.46. The second-order valence-corrected chi connectivity index (χ2v) is 13.5. The SMILES string of the molecule is CC1(C)c2cc3c(cc2-c2nccc4cccc1c24)c1ccccc1n3-c1cccc(-c2nc(-c3ccccc3)nc(-c3ccccc3)n2)c1. The molecule has 0 N–H and O–H groups in total. The van der Waals surface area contributed by atoms with Gasteiger partial charge in [-0.05, 0) is 52.9 Å². The van der Waals surface area contributed by atoms with Gasteiger partial charge in [0, 0.05) is 55.7 Å². The molecule has 0 amide bonds. The third-order valence-corrected chi connectivity index (χ3v) is 10.3. The molecule has 9 aromatic rings. The van der Waals surface area contributed by atoms with Crippen LogP contribution in [-0.2, 0) is 5.41 Å². The van der Waals surface area contributed by atoms with E-state index in [1.54, 1.807) is 0 Å². The molecular weight excluding hydrogens is 611 g/mol. The van der Waals surface area contributed by atoms with Crippen LogP contribution >= 0.6 is 0 Å². The van der Waals surface area contributed by atoms with Gasteiger partial charge in [-0.2, -0.15) is 0 Å². The van der Waals surface area contributed by atoms with Gasteiger partial charge in [0.1, 0.15) is 0 Å². The molecule has 0 bridgehead atoms. The Morgan fingerprint density at radius 3 is 1.88 bits per heavy atom. The minimum absolute atomic E-state index is 0.214. The van der Waals surface area contributed by atoms with E-state index < -0.39 is 0 Å². The summed E-state index contributed by atoms with van der Waals surface area (Å²) >= 11 is 0. The Labute approximate surface area is 289 Å². The number of aromatic nitrogens is 5. The number of pyridine rings is 1. The lowest BCUT2D eigenvalue weighted by molar-refractivity contribution is 0.645. The van der Waals surface area contributed by atoms with Crippen LogP contribution in [0.1, 0.15) is 25.0 Å². The molecule has 10 rings (SSSR count). The summed E-state index contributed by atoms with van der Waals surface area (Å²) in [5.74, 6) is 1.93. The van der Waals surface area contributed by atoms with E-state index in [2.05, 4.69) is 103 Å². The predicted molar refractivity (Wildman–Crippen MR) is 203 cm³/mol. The molecule has 0 atom stereocenters. The van der Waals surface area contributed by atoms with Gasteiger partial charge in [0.15, 0.2) is 17.5 Å². The van der Waals surface area contributed by atoms with Crippen LogP contribution < -0.4 is 0 Å². The van der Waals surface area contributed by atoms with Gasteiger partial charge in [0.25, 0.3) is 0 Å². The molecule has 6 aromatic carbocycles. The molecule has 0 saturated carbocycles. The highest BCUT2D eigenvalue weighted by Crippen LogP contribution is 2.50. The molecule has 1 aliphatic rings. The lowest BCUT2D eigenvalue weighted by atomic mass is 9.69. The minimum Gasteiger partial charge on any atom is -0.309 e. The van der Waals surface area contributed by atoms with E-state index >= 15 is 0 Å². The van der Waals surface area contributed by atoms with Crippen molar-refractivity contribution < 1.29 is 0 Å². The molecule has 0 fully saturated rings. The highest BCUT2D eigenvalue weighted by molar-refractivity contribution is 6.13. The van der Waals surface area contributed by atoms with Gasteiger partial charge in [-0.3, -0.25) is 4.98 Å². The average molecular weight is 642 g/mol. The summed E-state index contributed by atoms with van der Waals surface area (Å²) < 4.78 is 2.39. The summed E-state index contributed by atoms with van der Waals surface area (Å²) in [6.07, 6.45) is 1.94. The fourth-order valence-electron chi connectivity index (χ4n) is 7.83. The van der Waals surface area contributed by atoms with Crippen LogP contribution in [0.4, 0.5) is 0 Å². The Morgan fingerprint density at radius 2 is 1.14 bits per heavy atom. The third-order valence-electron chi connectivity index (χ3n) is 10.3. The van der Waals surface area contributed by atoms with Gasteiger partial charge in [-0.15, -0.1) is 0 Å². The van der Waals surface area contributed by atoms with E-state index in [4.69, 9.17) is 19.9 Å². The van der Waals surface area contributed by atoms with Gasteiger partial charge >= 0.3 is 0 Å². The van der Waals surface area contributed by atoms with Gasteiger partial charge in [-0.25, -0.2) is 15.0 Å². The topological polar surface area (TPSA) is 56.5 Å². The Balaban J connectivity index is 1.20. The van der Waals surface area contributed by atoms with Crippen molar-refractivity contribution in [1.29, 1.82) is 0 Å². The zero-order chi connectivity index (χ0) is 33.4. The number of hydrogen-bond donors (Lipinski definition) is 0. The van der Waals surface area contributed by atoms with Crippen LogP contribution in [0.25, 0.3) is 83.7 Å². The second kappa shape index (κ2) is 10.8. The van der Waals surface area contributed by atoms with E-state index in [0.717, 1.165) is 39.1 Å².